The number of benzene rings is 2. The van der Waals surface area contributed by atoms with Crippen molar-refractivity contribution in [3.05, 3.63) is 65.4 Å². The fourth-order valence-corrected chi connectivity index (χ4v) is 4.71. The predicted molar refractivity (Wildman–Crippen MR) is 109 cm³/mol. The number of nitrogens with zero attached hydrogens (tertiary/aromatic N) is 1. The lowest BCUT2D eigenvalue weighted by Gasteiger charge is -2.43. The SMILES string of the molecule is CC1(C)CC(=O)C2=C(C1)N(c1ccccc1)C(=O)C[C@@H]2c1ccc2c(c1)OCO2. The van der Waals surface area contributed by atoms with E-state index in [1.807, 2.05) is 48.5 Å². The molecule has 0 saturated heterocycles. The van der Waals surface area contributed by atoms with Gasteiger partial charge in [-0.1, -0.05) is 38.1 Å². The van der Waals surface area contributed by atoms with Crippen LogP contribution in [0.4, 0.5) is 5.69 Å². The molecule has 1 atom stereocenters. The largest absolute Gasteiger partial charge is 0.454 e. The summed E-state index contributed by atoms with van der Waals surface area (Å²) in [6.45, 7) is 4.38. The number of carbonyl (C=O) groups is 2. The molecule has 0 bridgehead atoms. The number of anilines is 1. The van der Waals surface area contributed by atoms with E-state index in [2.05, 4.69) is 13.8 Å². The lowest BCUT2D eigenvalue weighted by atomic mass is 9.69. The summed E-state index contributed by atoms with van der Waals surface area (Å²) in [6, 6.07) is 15.3. The topological polar surface area (TPSA) is 55.8 Å². The zero-order valence-corrected chi connectivity index (χ0v) is 16.6. The molecule has 2 aromatic rings. The Hall–Kier alpha value is -3.08. The molecule has 29 heavy (non-hydrogen) atoms. The number of amides is 1. The second-order valence-corrected chi connectivity index (χ2v) is 8.74. The van der Waals surface area contributed by atoms with Crippen molar-refractivity contribution in [3.63, 3.8) is 0 Å². The summed E-state index contributed by atoms with van der Waals surface area (Å²) in [5, 5.41) is 0. The van der Waals surface area contributed by atoms with Crippen molar-refractivity contribution in [1.82, 2.24) is 0 Å². The summed E-state index contributed by atoms with van der Waals surface area (Å²) >= 11 is 0. The maximum atomic E-state index is 13.3. The van der Waals surface area contributed by atoms with Crippen LogP contribution in [-0.2, 0) is 9.59 Å². The highest BCUT2D eigenvalue weighted by molar-refractivity contribution is 6.07. The van der Waals surface area contributed by atoms with Crippen molar-refractivity contribution < 1.29 is 19.1 Å². The van der Waals surface area contributed by atoms with E-state index in [0.29, 0.717) is 24.3 Å². The number of ketones is 1. The number of fused-ring (bicyclic) bond motifs is 1. The van der Waals surface area contributed by atoms with Crippen molar-refractivity contribution in [2.75, 3.05) is 11.7 Å². The van der Waals surface area contributed by atoms with Crippen molar-refractivity contribution in [2.24, 2.45) is 5.41 Å². The van der Waals surface area contributed by atoms with E-state index in [-0.39, 0.29) is 36.2 Å². The Kier molecular flexibility index (Phi) is 4.02. The Bertz CT molecular complexity index is 1040. The summed E-state index contributed by atoms with van der Waals surface area (Å²) < 4.78 is 10.9. The second kappa shape index (κ2) is 6.48. The van der Waals surface area contributed by atoms with E-state index in [4.69, 9.17) is 9.47 Å². The lowest BCUT2D eigenvalue weighted by Crippen LogP contribution is -2.43. The van der Waals surface area contributed by atoms with Gasteiger partial charge in [-0.25, -0.2) is 0 Å². The van der Waals surface area contributed by atoms with Gasteiger partial charge in [-0.15, -0.1) is 0 Å². The van der Waals surface area contributed by atoms with Crippen LogP contribution in [-0.4, -0.2) is 18.5 Å². The zero-order chi connectivity index (χ0) is 20.2. The molecule has 3 aliphatic rings. The fourth-order valence-electron chi connectivity index (χ4n) is 4.71. The minimum atomic E-state index is -0.254. The van der Waals surface area contributed by atoms with Gasteiger partial charge in [-0.2, -0.15) is 0 Å². The van der Waals surface area contributed by atoms with Crippen LogP contribution in [0.15, 0.2) is 59.8 Å². The number of carbonyl (C=O) groups excluding carboxylic acids is 2. The highest BCUT2D eigenvalue weighted by atomic mass is 16.7. The molecule has 0 saturated carbocycles. The third-order valence-electron chi connectivity index (χ3n) is 5.96. The van der Waals surface area contributed by atoms with Gasteiger partial charge in [0.15, 0.2) is 17.3 Å². The zero-order valence-electron chi connectivity index (χ0n) is 16.6. The number of hydrogen-bond donors (Lipinski definition) is 0. The summed E-state index contributed by atoms with van der Waals surface area (Å²) in [4.78, 5) is 28.4. The molecular formula is C24H23NO4. The van der Waals surface area contributed by atoms with Crippen molar-refractivity contribution in [1.29, 1.82) is 0 Å². The van der Waals surface area contributed by atoms with E-state index in [9.17, 15) is 9.59 Å². The second-order valence-electron chi connectivity index (χ2n) is 8.74. The summed E-state index contributed by atoms with van der Waals surface area (Å²) in [7, 11) is 0. The number of Topliss-reactive ketones (excluding diaryl/α,β-unsaturated/α-hetero) is 1. The van der Waals surface area contributed by atoms with Gasteiger partial charge >= 0.3 is 0 Å². The smallest absolute Gasteiger partial charge is 0.232 e. The molecule has 5 nitrogen and oxygen atoms in total. The van der Waals surface area contributed by atoms with E-state index >= 15 is 0 Å². The average Bonchev–Trinajstić information content (AvgIpc) is 3.14. The molecule has 2 aliphatic heterocycles. The first-order chi connectivity index (χ1) is 13.9. The van der Waals surface area contributed by atoms with Crippen LogP contribution in [0.25, 0.3) is 0 Å². The molecule has 0 fully saturated rings. The van der Waals surface area contributed by atoms with Crippen molar-refractivity contribution in [2.45, 2.75) is 39.0 Å². The van der Waals surface area contributed by atoms with Crippen molar-refractivity contribution >= 4 is 17.4 Å². The molecule has 5 heteroatoms. The summed E-state index contributed by atoms with van der Waals surface area (Å²) in [5.74, 6) is 1.27. The van der Waals surface area contributed by atoms with E-state index < -0.39 is 0 Å². The molecule has 1 aliphatic carbocycles. The van der Waals surface area contributed by atoms with Gasteiger partial charge in [-0.05, 0) is 41.7 Å². The molecule has 0 aromatic heterocycles. The van der Waals surface area contributed by atoms with E-state index in [1.54, 1.807) is 4.90 Å². The Balaban J connectivity index is 1.66. The molecule has 2 heterocycles. The van der Waals surface area contributed by atoms with Crippen LogP contribution in [0.5, 0.6) is 11.5 Å². The Labute approximate surface area is 169 Å². The van der Waals surface area contributed by atoms with Gasteiger partial charge in [0.1, 0.15) is 0 Å². The van der Waals surface area contributed by atoms with Crippen LogP contribution in [0, 0.1) is 5.41 Å². The highest BCUT2D eigenvalue weighted by Gasteiger charge is 2.44. The molecule has 0 N–H and O–H groups in total. The standard InChI is InChI=1S/C24H23NO4/c1-24(2)12-18-23(19(26)13-24)17(15-8-9-20-21(10-15)29-14-28-20)11-22(27)25(18)16-6-4-3-5-7-16/h3-10,17H,11-14H2,1-2H3/t17-/m1/s1. The molecule has 2 aromatic carbocycles. The Morgan fingerprint density at radius 1 is 0.966 bits per heavy atom. The predicted octanol–water partition coefficient (Wildman–Crippen LogP) is 4.58. The van der Waals surface area contributed by atoms with Crippen LogP contribution in [0.3, 0.4) is 0 Å². The lowest BCUT2D eigenvalue weighted by molar-refractivity contribution is -0.121. The molecular weight excluding hydrogens is 366 g/mol. The molecule has 0 radical (unpaired) electrons. The van der Waals surface area contributed by atoms with Gasteiger partial charge in [0.25, 0.3) is 0 Å². The quantitative estimate of drug-likeness (QED) is 0.754. The monoisotopic (exact) mass is 389 g/mol. The molecule has 0 unspecified atom stereocenters. The van der Waals surface area contributed by atoms with Crippen LogP contribution < -0.4 is 14.4 Å². The average molecular weight is 389 g/mol. The van der Waals surface area contributed by atoms with Crippen LogP contribution >= 0.6 is 0 Å². The summed E-state index contributed by atoms with van der Waals surface area (Å²) in [6.07, 6.45) is 1.44. The molecule has 1 amide bonds. The number of para-hydroxylation sites is 1. The highest BCUT2D eigenvalue weighted by Crippen LogP contribution is 2.49. The van der Waals surface area contributed by atoms with Gasteiger partial charge in [-0.3, -0.25) is 14.5 Å². The Morgan fingerprint density at radius 2 is 1.72 bits per heavy atom. The number of hydrogen-bond acceptors (Lipinski definition) is 4. The first-order valence-electron chi connectivity index (χ1n) is 9.97. The number of ether oxygens (including phenoxy) is 2. The maximum Gasteiger partial charge on any atom is 0.232 e. The Morgan fingerprint density at radius 3 is 2.52 bits per heavy atom. The maximum absolute atomic E-state index is 13.3. The van der Waals surface area contributed by atoms with Crippen LogP contribution in [0.2, 0.25) is 0 Å². The van der Waals surface area contributed by atoms with Gasteiger partial charge in [0.2, 0.25) is 12.7 Å². The third kappa shape index (κ3) is 3.01. The third-order valence-corrected chi connectivity index (χ3v) is 5.96. The van der Waals surface area contributed by atoms with Gasteiger partial charge < -0.3 is 9.47 Å². The minimum absolute atomic E-state index is 0.0168. The number of rotatable bonds is 2. The fraction of sp³-hybridized carbons (Fsp3) is 0.333. The van der Waals surface area contributed by atoms with E-state index in [1.165, 1.54) is 0 Å². The molecule has 0 spiro atoms. The van der Waals surface area contributed by atoms with Gasteiger partial charge in [0, 0.05) is 35.7 Å². The molecule has 148 valence electrons. The molecule has 5 rings (SSSR count). The summed E-state index contributed by atoms with van der Waals surface area (Å²) in [5.41, 5.74) is 3.18. The van der Waals surface area contributed by atoms with Gasteiger partial charge in [0.05, 0.1) is 0 Å². The van der Waals surface area contributed by atoms with E-state index in [0.717, 1.165) is 22.5 Å². The normalized spacial score (nSPS) is 22.7. The first-order valence-corrected chi connectivity index (χ1v) is 9.97. The van der Waals surface area contributed by atoms with Crippen molar-refractivity contribution in [3.8, 4) is 11.5 Å². The van der Waals surface area contributed by atoms with Crippen LogP contribution in [0.1, 0.15) is 44.6 Å². The first kappa shape index (κ1) is 18.0. The number of allylic oxidation sites excluding steroid dienone is 2. The minimum Gasteiger partial charge on any atom is -0.454 e.